The second-order valence-electron chi connectivity index (χ2n) is 3.63. The lowest BCUT2D eigenvalue weighted by Crippen LogP contribution is -2.32. The largest absolute Gasteiger partial charge is 0.466 e. The SMILES string of the molecule is CN(C)C1=CC[N]([Al]([CH3])[CH3])C=C1. The van der Waals surface area contributed by atoms with Crippen LogP contribution in [0.15, 0.2) is 24.0 Å². The van der Waals surface area contributed by atoms with Crippen LogP contribution in [0.1, 0.15) is 0 Å². The average Bonchev–Trinajstić information content (AvgIpc) is 2.04. The quantitative estimate of drug-likeness (QED) is 0.594. The smallest absolute Gasteiger partial charge is 0.407 e. The molecule has 0 radical (unpaired) electrons. The molecule has 12 heavy (non-hydrogen) atoms. The van der Waals surface area contributed by atoms with Gasteiger partial charge < -0.3 is 8.78 Å². The predicted molar refractivity (Wildman–Crippen MR) is 55.1 cm³/mol. The van der Waals surface area contributed by atoms with Crippen LogP contribution in [-0.4, -0.2) is 43.8 Å². The zero-order chi connectivity index (χ0) is 9.14. The van der Waals surface area contributed by atoms with E-state index in [0.29, 0.717) is 0 Å². The van der Waals surface area contributed by atoms with E-state index in [1.54, 1.807) is 0 Å². The molecule has 0 saturated heterocycles. The van der Waals surface area contributed by atoms with E-state index in [-0.39, 0.29) is 0 Å². The summed E-state index contributed by atoms with van der Waals surface area (Å²) in [4.78, 5) is 2.15. The molecule has 0 spiro atoms. The summed E-state index contributed by atoms with van der Waals surface area (Å²) >= 11 is -0.627. The Kier molecular flexibility index (Phi) is 3.25. The lowest BCUT2D eigenvalue weighted by Gasteiger charge is -2.27. The van der Waals surface area contributed by atoms with E-state index < -0.39 is 14.4 Å². The molecule has 0 atom stereocenters. The topological polar surface area (TPSA) is 6.48 Å². The van der Waals surface area contributed by atoms with Gasteiger partial charge in [0.2, 0.25) is 0 Å². The van der Waals surface area contributed by atoms with Crippen LogP contribution < -0.4 is 0 Å². The third-order valence-corrected chi connectivity index (χ3v) is 3.84. The number of allylic oxidation sites excluding steroid dienone is 1. The standard InChI is InChI=1S/C7H11N2.2CH3.Al/c1-9(2)7-3-5-8-6-4-7;;;/h3-5H,6H2,1-2H3;2*1H3;/q-1;;;+1. The van der Waals surface area contributed by atoms with Gasteiger partial charge >= 0.3 is 14.4 Å². The maximum Gasteiger partial charge on any atom is 0.407 e. The van der Waals surface area contributed by atoms with Crippen LogP contribution in [0.25, 0.3) is 0 Å². The first-order chi connectivity index (χ1) is 5.61. The summed E-state index contributed by atoms with van der Waals surface area (Å²) in [6, 6.07) is 0. The van der Waals surface area contributed by atoms with Gasteiger partial charge in [0.25, 0.3) is 0 Å². The average molecular weight is 180 g/mol. The number of nitrogens with zero attached hydrogens (tertiary/aromatic N) is 2. The highest BCUT2D eigenvalue weighted by Gasteiger charge is 2.13. The van der Waals surface area contributed by atoms with Crippen molar-refractivity contribution in [3.63, 3.8) is 0 Å². The number of hydrogen-bond acceptors (Lipinski definition) is 2. The van der Waals surface area contributed by atoms with Gasteiger partial charge in [0, 0.05) is 26.3 Å². The monoisotopic (exact) mass is 180 g/mol. The van der Waals surface area contributed by atoms with E-state index in [1.165, 1.54) is 5.70 Å². The van der Waals surface area contributed by atoms with Crippen LogP contribution in [-0.2, 0) is 0 Å². The maximum absolute atomic E-state index is 2.45. The van der Waals surface area contributed by atoms with Gasteiger partial charge in [0.15, 0.2) is 0 Å². The van der Waals surface area contributed by atoms with Gasteiger partial charge in [-0.15, -0.1) is 0 Å². The van der Waals surface area contributed by atoms with Gasteiger partial charge in [-0.1, -0.05) is 11.6 Å². The molecule has 0 aromatic heterocycles. The van der Waals surface area contributed by atoms with E-state index in [4.69, 9.17) is 0 Å². The fraction of sp³-hybridized carbons (Fsp3) is 0.556. The lowest BCUT2D eigenvalue weighted by molar-refractivity contribution is 0.509. The van der Waals surface area contributed by atoms with Gasteiger partial charge in [0.05, 0.1) is 0 Å². The first-order valence-electron chi connectivity index (χ1n) is 4.42. The van der Waals surface area contributed by atoms with Crippen molar-refractivity contribution in [1.82, 2.24) is 8.78 Å². The summed E-state index contributed by atoms with van der Waals surface area (Å²) in [6.07, 6.45) is 6.70. The molecular formula is C9H17AlN2. The summed E-state index contributed by atoms with van der Waals surface area (Å²) in [6.45, 7) is 1.09. The van der Waals surface area contributed by atoms with E-state index >= 15 is 0 Å². The van der Waals surface area contributed by atoms with Gasteiger partial charge in [-0.05, 0) is 18.4 Å². The second-order valence-corrected chi connectivity index (χ2v) is 6.48. The molecule has 66 valence electrons. The first-order valence-corrected chi connectivity index (χ1v) is 7.25. The van der Waals surface area contributed by atoms with Crippen molar-refractivity contribution in [2.75, 3.05) is 20.6 Å². The normalized spacial score (nSPS) is 16.0. The number of likely N-dealkylation sites (N-methyl/N-ethyl adjacent to an activating group) is 1. The molecule has 0 saturated carbocycles. The molecule has 0 aliphatic carbocycles. The number of hydrogen-bond donors (Lipinski definition) is 0. The molecule has 1 heterocycles. The van der Waals surface area contributed by atoms with E-state index in [0.717, 1.165) is 6.54 Å². The zero-order valence-electron chi connectivity index (χ0n) is 8.41. The predicted octanol–water partition coefficient (Wildman–Crippen LogP) is 1.51. The molecular weight excluding hydrogens is 163 g/mol. The Labute approximate surface area is 79.8 Å². The van der Waals surface area contributed by atoms with Crippen LogP contribution in [0, 0.1) is 0 Å². The van der Waals surface area contributed by atoms with Gasteiger partial charge in [-0.25, -0.2) is 0 Å². The minimum Gasteiger partial charge on any atom is -0.466 e. The molecule has 1 aliphatic heterocycles. The Balaban J connectivity index is 2.55. The Morgan fingerprint density at radius 1 is 1.42 bits per heavy atom. The highest BCUT2D eigenvalue weighted by Crippen LogP contribution is 2.09. The lowest BCUT2D eigenvalue weighted by atomic mass is 10.3. The molecule has 0 fully saturated rings. The Morgan fingerprint density at radius 2 is 2.08 bits per heavy atom. The molecule has 2 nitrogen and oxygen atoms in total. The molecule has 0 N–H and O–H groups in total. The van der Waals surface area contributed by atoms with Crippen LogP contribution in [0.2, 0.25) is 11.6 Å². The van der Waals surface area contributed by atoms with Crippen molar-refractivity contribution in [2.45, 2.75) is 11.6 Å². The van der Waals surface area contributed by atoms with Crippen molar-refractivity contribution < 1.29 is 0 Å². The highest BCUT2D eigenvalue weighted by atomic mass is 27.2. The Bertz CT molecular complexity index is 207. The van der Waals surface area contributed by atoms with Crippen molar-refractivity contribution in [1.29, 1.82) is 0 Å². The molecule has 0 aromatic carbocycles. The molecule has 0 unspecified atom stereocenters. The summed E-state index contributed by atoms with van der Waals surface area (Å²) < 4.78 is 2.45. The van der Waals surface area contributed by atoms with Gasteiger partial charge in [-0.3, -0.25) is 0 Å². The summed E-state index contributed by atoms with van der Waals surface area (Å²) in [5.41, 5.74) is 1.32. The zero-order valence-corrected chi connectivity index (χ0v) is 9.57. The summed E-state index contributed by atoms with van der Waals surface area (Å²) in [5.74, 6) is 4.69. The molecule has 3 heteroatoms. The fourth-order valence-corrected chi connectivity index (χ4v) is 2.17. The van der Waals surface area contributed by atoms with Crippen molar-refractivity contribution in [2.24, 2.45) is 0 Å². The maximum atomic E-state index is 2.45. The summed E-state index contributed by atoms with van der Waals surface area (Å²) in [7, 11) is 4.16. The van der Waals surface area contributed by atoms with Crippen LogP contribution >= 0.6 is 0 Å². The van der Waals surface area contributed by atoms with Crippen molar-refractivity contribution in [3.05, 3.63) is 24.0 Å². The van der Waals surface area contributed by atoms with Crippen molar-refractivity contribution >= 4 is 14.4 Å². The van der Waals surface area contributed by atoms with E-state index in [9.17, 15) is 0 Å². The van der Waals surface area contributed by atoms with Crippen LogP contribution in [0.3, 0.4) is 0 Å². The van der Waals surface area contributed by atoms with Crippen LogP contribution in [0.4, 0.5) is 0 Å². The van der Waals surface area contributed by atoms with E-state index in [2.05, 4.69) is 52.8 Å². The Morgan fingerprint density at radius 3 is 2.42 bits per heavy atom. The molecule has 0 aromatic rings. The second kappa shape index (κ2) is 4.02. The minimum absolute atomic E-state index is 0.627. The third-order valence-electron chi connectivity index (χ3n) is 2.13. The van der Waals surface area contributed by atoms with Crippen LogP contribution in [0.5, 0.6) is 0 Å². The fourth-order valence-electron chi connectivity index (χ4n) is 1.21. The van der Waals surface area contributed by atoms with E-state index in [1.807, 2.05) is 0 Å². The minimum atomic E-state index is -0.627. The third kappa shape index (κ3) is 2.30. The molecule has 1 aliphatic rings. The van der Waals surface area contributed by atoms with Gasteiger partial charge in [-0.2, -0.15) is 0 Å². The number of rotatable bonds is 2. The molecule has 0 amide bonds. The molecule has 1 rings (SSSR count). The first kappa shape index (κ1) is 9.70. The Hall–Kier alpha value is -0.388. The summed E-state index contributed by atoms with van der Waals surface area (Å²) in [5, 5.41) is 0. The molecule has 0 bridgehead atoms. The highest BCUT2D eigenvalue weighted by molar-refractivity contribution is 6.53. The van der Waals surface area contributed by atoms with Crippen molar-refractivity contribution in [3.8, 4) is 0 Å². The van der Waals surface area contributed by atoms with Gasteiger partial charge in [0.1, 0.15) is 0 Å².